The lowest BCUT2D eigenvalue weighted by Gasteiger charge is -2.57. The summed E-state index contributed by atoms with van der Waals surface area (Å²) in [4.78, 5) is 16.4. The molecule has 0 saturated heterocycles. The quantitative estimate of drug-likeness (QED) is 0.804. The Morgan fingerprint density at radius 3 is 2.33 bits per heavy atom. The molecule has 1 aromatic carbocycles. The van der Waals surface area contributed by atoms with E-state index in [0.29, 0.717) is 28.3 Å². The highest BCUT2D eigenvalue weighted by molar-refractivity contribution is 6.30. The Morgan fingerprint density at radius 2 is 1.79 bits per heavy atom. The van der Waals surface area contributed by atoms with Crippen molar-refractivity contribution in [1.82, 2.24) is 0 Å². The summed E-state index contributed by atoms with van der Waals surface area (Å²) in [5, 5.41) is 20.3. The van der Waals surface area contributed by atoms with Crippen LogP contribution in [0.2, 0.25) is 5.02 Å². The molecule has 2 N–H and O–H groups in total. The van der Waals surface area contributed by atoms with Crippen molar-refractivity contribution in [3.63, 3.8) is 0 Å². The van der Waals surface area contributed by atoms with E-state index < -0.39 is 12.0 Å². The van der Waals surface area contributed by atoms with Crippen molar-refractivity contribution in [2.75, 3.05) is 0 Å². The van der Waals surface area contributed by atoms with Gasteiger partial charge in [0.05, 0.1) is 0 Å². The maximum Gasteiger partial charge on any atom is 0.328 e. The maximum absolute atomic E-state index is 12.0. The Morgan fingerprint density at radius 1 is 1.21 bits per heavy atom. The average molecular weight is 348 g/mol. The SMILES string of the molecule is O=C(O)[C@@H](N=Cc1cc(Cl)ccc1O)C12CC3CC(CC(C3)C1)C2. The number of benzene rings is 1. The van der Waals surface area contributed by atoms with Gasteiger partial charge in [-0.1, -0.05) is 11.6 Å². The number of phenolic OH excluding ortho intramolecular Hbond substituents is 1. The first-order chi connectivity index (χ1) is 11.4. The van der Waals surface area contributed by atoms with Crippen LogP contribution in [0.3, 0.4) is 0 Å². The zero-order valence-electron chi connectivity index (χ0n) is 13.5. The maximum atomic E-state index is 12.0. The lowest BCUT2D eigenvalue weighted by molar-refractivity contribution is -0.148. The molecular weight excluding hydrogens is 326 g/mol. The molecule has 0 aromatic heterocycles. The molecule has 4 nitrogen and oxygen atoms in total. The number of carboxylic acids is 1. The summed E-state index contributed by atoms with van der Waals surface area (Å²) in [5.41, 5.74) is 0.268. The predicted molar refractivity (Wildman–Crippen MR) is 92.7 cm³/mol. The molecule has 0 radical (unpaired) electrons. The molecule has 1 atom stereocenters. The summed E-state index contributed by atoms with van der Waals surface area (Å²) in [6.07, 6.45) is 8.23. The minimum absolute atomic E-state index is 0.0674. The van der Waals surface area contributed by atoms with Crippen LogP contribution in [0.5, 0.6) is 5.75 Å². The molecule has 0 amide bonds. The molecule has 5 heteroatoms. The number of aliphatic carboxylic acids is 1. The lowest BCUT2D eigenvalue weighted by atomic mass is 9.47. The molecule has 128 valence electrons. The van der Waals surface area contributed by atoms with Crippen molar-refractivity contribution in [1.29, 1.82) is 0 Å². The highest BCUT2D eigenvalue weighted by Crippen LogP contribution is 2.61. The van der Waals surface area contributed by atoms with Gasteiger partial charge in [0.1, 0.15) is 5.75 Å². The summed E-state index contributed by atoms with van der Waals surface area (Å²) >= 11 is 5.96. The number of rotatable bonds is 4. The Hall–Kier alpha value is -1.55. The molecular formula is C19H22ClNO3. The van der Waals surface area contributed by atoms with Crippen molar-refractivity contribution in [2.24, 2.45) is 28.2 Å². The van der Waals surface area contributed by atoms with E-state index in [-0.39, 0.29) is 11.2 Å². The summed E-state index contributed by atoms with van der Waals surface area (Å²) in [7, 11) is 0. The predicted octanol–water partition coefficient (Wildman–Crippen LogP) is 4.13. The molecule has 0 unspecified atom stereocenters. The molecule has 4 aliphatic carbocycles. The van der Waals surface area contributed by atoms with Gasteiger partial charge in [-0.2, -0.15) is 0 Å². The molecule has 24 heavy (non-hydrogen) atoms. The lowest BCUT2D eigenvalue weighted by Crippen LogP contribution is -2.53. The first kappa shape index (κ1) is 15.9. The monoisotopic (exact) mass is 347 g/mol. The van der Waals surface area contributed by atoms with Crippen molar-refractivity contribution in [2.45, 2.75) is 44.6 Å². The average Bonchev–Trinajstić information content (AvgIpc) is 2.49. The summed E-state index contributed by atoms with van der Waals surface area (Å²) < 4.78 is 0. The van der Waals surface area contributed by atoms with Crippen molar-refractivity contribution in [3.05, 3.63) is 28.8 Å². The molecule has 1 aromatic rings. The standard InChI is InChI=1S/C19H22ClNO3/c20-15-1-2-16(22)14(6-15)10-21-17(18(23)24)19-7-11-3-12(8-19)5-13(4-11)9-19/h1-2,6,10-13,17,22H,3-5,7-9H2,(H,23,24)/t11?,12?,13?,17-,19?/m1/s1. The van der Waals surface area contributed by atoms with E-state index in [0.717, 1.165) is 19.3 Å². The zero-order chi connectivity index (χ0) is 16.9. The summed E-state index contributed by atoms with van der Waals surface area (Å²) in [6.45, 7) is 0. The topological polar surface area (TPSA) is 69.9 Å². The molecule has 4 aliphatic rings. The van der Waals surface area contributed by atoms with Gasteiger partial charge in [0.15, 0.2) is 6.04 Å². The van der Waals surface area contributed by atoms with Gasteiger partial charge in [-0.05, 0) is 74.5 Å². The van der Waals surface area contributed by atoms with E-state index in [1.165, 1.54) is 31.5 Å². The van der Waals surface area contributed by atoms with Gasteiger partial charge in [0, 0.05) is 22.2 Å². The van der Waals surface area contributed by atoms with Crippen LogP contribution >= 0.6 is 11.6 Å². The Bertz CT molecular complexity index is 665. The fraction of sp³-hybridized carbons (Fsp3) is 0.579. The highest BCUT2D eigenvalue weighted by atomic mass is 35.5. The van der Waals surface area contributed by atoms with E-state index in [9.17, 15) is 15.0 Å². The molecule has 0 spiro atoms. The van der Waals surface area contributed by atoms with E-state index >= 15 is 0 Å². The fourth-order valence-electron chi connectivity index (χ4n) is 5.78. The normalized spacial score (nSPS) is 35.5. The van der Waals surface area contributed by atoms with E-state index in [2.05, 4.69) is 4.99 Å². The largest absolute Gasteiger partial charge is 0.507 e. The number of nitrogens with zero attached hydrogens (tertiary/aromatic N) is 1. The van der Waals surface area contributed by atoms with Gasteiger partial charge in [0.2, 0.25) is 0 Å². The van der Waals surface area contributed by atoms with Crippen molar-refractivity contribution >= 4 is 23.8 Å². The van der Waals surface area contributed by atoms with Crippen LogP contribution in [0.1, 0.15) is 44.1 Å². The minimum atomic E-state index is -0.852. The first-order valence-electron chi connectivity index (χ1n) is 8.70. The second kappa shape index (κ2) is 5.76. The van der Waals surface area contributed by atoms with Crippen LogP contribution in [0, 0.1) is 23.2 Å². The zero-order valence-corrected chi connectivity index (χ0v) is 14.2. The van der Waals surface area contributed by atoms with E-state index in [4.69, 9.17) is 11.6 Å². The van der Waals surface area contributed by atoms with Gasteiger partial charge in [-0.15, -0.1) is 0 Å². The van der Waals surface area contributed by atoms with Crippen LogP contribution in [0.25, 0.3) is 0 Å². The number of aromatic hydroxyl groups is 1. The Balaban J connectivity index is 1.64. The molecule has 4 bridgehead atoms. The molecule has 4 saturated carbocycles. The van der Waals surface area contributed by atoms with Crippen LogP contribution < -0.4 is 0 Å². The van der Waals surface area contributed by atoms with E-state index in [1.807, 2.05) is 0 Å². The van der Waals surface area contributed by atoms with Crippen molar-refractivity contribution < 1.29 is 15.0 Å². The third-order valence-electron chi connectivity index (χ3n) is 6.25. The second-order valence-electron chi connectivity index (χ2n) is 8.00. The first-order valence-corrected chi connectivity index (χ1v) is 9.07. The van der Waals surface area contributed by atoms with E-state index in [1.54, 1.807) is 12.1 Å². The minimum Gasteiger partial charge on any atom is -0.507 e. The van der Waals surface area contributed by atoms with Crippen LogP contribution in [0.4, 0.5) is 0 Å². The molecule has 5 rings (SSSR count). The molecule has 0 heterocycles. The molecule has 0 aliphatic heterocycles. The number of carbonyl (C=O) groups is 1. The number of carboxylic acid groups (broad SMARTS) is 1. The van der Waals surface area contributed by atoms with Gasteiger partial charge < -0.3 is 10.2 Å². The van der Waals surface area contributed by atoms with Crippen LogP contribution in [0.15, 0.2) is 23.2 Å². The third kappa shape index (κ3) is 2.71. The van der Waals surface area contributed by atoms with Crippen LogP contribution in [-0.2, 0) is 4.79 Å². The van der Waals surface area contributed by atoms with Crippen LogP contribution in [-0.4, -0.2) is 28.4 Å². The fourth-order valence-corrected chi connectivity index (χ4v) is 5.96. The highest BCUT2D eigenvalue weighted by Gasteiger charge is 2.56. The Labute approximate surface area is 146 Å². The summed E-state index contributed by atoms with van der Waals surface area (Å²) in [5.74, 6) is 1.24. The smallest absolute Gasteiger partial charge is 0.328 e. The summed E-state index contributed by atoms with van der Waals surface area (Å²) in [6, 6.07) is 3.98. The van der Waals surface area contributed by atoms with Crippen molar-refractivity contribution in [3.8, 4) is 5.75 Å². The number of hydrogen-bond donors (Lipinski definition) is 2. The molecule has 4 fully saturated rings. The Kier molecular flexibility index (Phi) is 3.83. The number of phenols is 1. The van der Waals surface area contributed by atoms with Gasteiger partial charge in [0.25, 0.3) is 0 Å². The van der Waals surface area contributed by atoms with Gasteiger partial charge in [-0.3, -0.25) is 4.99 Å². The number of hydrogen-bond acceptors (Lipinski definition) is 3. The third-order valence-corrected chi connectivity index (χ3v) is 6.49. The number of aliphatic imine (C=N–C) groups is 1. The van der Waals surface area contributed by atoms with Gasteiger partial charge in [-0.25, -0.2) is 4.79 Å². The van der Waals surface area contributed by atoms with Gasteiger partial charge >= 0.3 is 5.97 Å². The number of halogens is 1. The second-order valence-corrected chi connectivity index (χ2v) is 8.44.